The molecule has 0 saturated carbocycles. The van der Waals surface area contributed by atoms with Crippen LogP contribution in [0.15, 0.2) is 90.0 Å². The van der Waals surface area contributed by atoms with Crippen molar-refractivity contribution in [3.63, 3.8) is 0 Å². The van der Waals surface area contributed by atoms with Gasteiger partial charge in [0.2, 0.25) is 0 Å². The maximum Gasteiger partial charge on any atom is 0.187 e. The van der Waals surface area contributed by atoms with E-state index in [2.05, 4.69) is 60.7 Å². The molecule has 3 aromatic rings. The molecule has 0 saturated heterocycles. The quantitative estimate of drug-likeness (QED) is 0.688. The van der Waals surface area contributed by atoms with Crippen molar-refractivity contribution in [3.8, 4) is 11.1 Å². The van der Waals surface area contributed by atoms with Gasteiger partial charge in [0.05, 0.1) is 11.8 Å². The average molecular weight is 357 g/mol. The van der Waals surface area contributed by atoms with E-state index in [-0.39, 0.29) is 6.04 Å². The van der Waals surface area contributed by atoms with Crippen molar-refractivity contribution < 1.29 is 0 Å². The Morgan fingerprint density at radius 2 is 1.35 bits per heavy atom. The summed E-state index contributed by atoms with van der Waals surface area (Å²) < 4.78 is 0. The highest BCUT2D eigenvalue weighted by atomic mass is 32.1. The number of rotatable bonds is 3. The van der Waals surface area contributed by atoms with E-state index in [1.165, 1.54) is 16.7 Å². The Bertz CT molecular complexity index is 934. The number of thiocarbonyl (C=S) groups is 1. The molecule has 128 valence electrons. The minimum absolute atomic E-state index is 0.0532. The van der Waals surface area contributed by atoms with Gasteiger partial charge in [-0.05, 0) is 34.5 Å². The highest BCUT2D eigenvalue weighted by Crippen LogP contribution is 2.32. The second-order valence-corrected chi connectivity index (χ2v) is 6.72. The summed E-state index contributed by atoms with van der Waals surface area (Å²) in [7, 11) is 0. The minimum atomic E-state index is 0.0532. The lowest BCUT2D eigenvalue weighted by molar-refractivity contribution is 0.373. The van der Waals surface area contributed by atoms with Crippen LogP contribution >= 0.6 is 12.2 Å². The number of nitrogens with two attached hydrogens (primary N) is 1. The van der Waals surface area contributed by atoms with Crippen LogP contribution in [-0.2, 0) is 0 Å². The van der Waals surface area contributed by atoms with E-state index in [0.717, 1.165) is 17.7 Å². The molecular weight excluding hydrogens is 338 g/mol. The number of hydrazone groups is 1. The molecular formula is C22H19N3S. The Kier molecular flexibility index (Phi) is 4.50. The van der Waals surface area contributed by atoms with Crippen LogP contribution in [0, 0.1) is 0 Å². The first-order valence-electron chi connectivity index (χ1n) is 8.59. The summed E-state index contributed by atoms with van der Waals surface area (Å²) in [5.74, 6) is 0. The van der Waals surface area contributed by atoms with Gasteiger partial charge in [0.1, 0.15) is 0 Å². The number of hydrogen-bond donors (Lipinski definition) is 1. The predicted molar refractivity (Wildman–Crippen MR) is 111 cm³/mol. The van der Waals surface area contributed by atoms with Crippen LogP contribution in [0.4, 0.5) is 0 Å². The van der Waals surface area contributed by atoms with E-state index < -0.39 is 0 Å². The molecule has 4 heteroatoms. The Labute approximate surface area is 158 Å². The first-order chi connectivity index (χ1) is 12.7. The molecule has 1 aliphatic rings. The van der Waals surface area contributed by atoms with Gasteiger partial charge in [0.25, 0.3) is 0 Å². The maximum atomic E-state index is 5.92. The van der Waals surface area contributed by atoms with Crippen molar-refractivity contribution in [2.75, 3.05) is 0 Å². The molecule has 0 amide bonds. The van der Waals surface area contributed by atoms with E-state index in [9.17, 15) is 0 Å². The fourth-order valence-electron chi connectivity index (χ4n) is 3.31. The fraction of sp³-hybridized carbons (Fsp3) is 0.0909. The Morgan fingerprint density at radius 3 is 1.96 bits per heavy atom. The summed E-state index contributed by atoms with van der Waals surface area (Å²) in [6, 6.07) is 29.2. The van der Waals surface area contributed by atoms with Crippen molar-refractivity contribution >= 4 is 23.0 Å². The molecule has 1 atom stereocenters. The van der Waals surface area contributed by atoms with E-state index >= 15 is 0 Å². The van der Waals surface area contributed by atoms with Crippen molar-refractivity contribution in [1.82, 2.24) is 5.01 Å². The predicted octanol–water partition coefficient (Wildman–Crippen LogP) is 4.75. The molecule has 0 spiro atoms. The monoisotopic (exact) mass is 357 g/mol. The van der Waals surface area contributed by atoms with Gasteiger partial charge in [-0.15, -0.1) is 0 Å². The zero-order valence-corrected chi connectivity index (χ0v) is 15.1. The van der Waals surface area contributed by atoms with Crippen LogP contribution in [0.1, 0.15) is 23.6 Å². The molecule has 0 aromatic heterocycles. The van der Waals surface area contributed by atoms with Gasteiger partial charge in [0.15, 0.2) is 5.11 Å². The van der Waals surface area contributed by atoms with Gasteiger partial charge in [-0.1, -0.05) is 84.9 Å². The molecule has 26 heavy (non-hydrogen) atoms. The molecule has 3 aromatic carbocycles. The molecule has 1 aliphatic heterocycles. The topological polar surface area (TPSA) is 41.6 Å². The molecule has 0 unspecified atom stereocenters. The van der Waals surface area contributed by atoms with Crippen LogP contribution in [0.2, 0.25) is 0 Å². The zero-order valence-electron chi connectivity index (χ0n) is 14.2. The first kappa shape index (κ1) is 16.5. The average Bonchev–Trinajstić information content (AvgIpc) is 3.15. The molecule has 0 bridgehead atoms. The standard InChI is InChI=1S/C22H19N3S/c23-22(26)25-21(19-9-5-2-6-10-19)15-20(24-25)18-13-11-17(12-14-18)16-7-3-1-4-8-16/h1-14,21H,15H2,(H2,23,26)/t21-/m1/s1. The highest BCUT2D eigenvalue weighted by Gasteiger charge is 2.30. The summed E-state index contributed by atoms with van der Waals surface area (Å²) in [6.45, 7) is 0. The Hall–Kier alpha value is -2.98. The lowest BCUT2D eigenvalue weighted by atomic mass is 9.97. The van der Waals surface area contributed by atoms with Gasteiger partial charge in [0, 0.05) is 6.42 Å². The molecule has 4 rings (SSSR count). The molecule has 0 radical (unpaired) electrons. The summed E-state index contributed by atoms with van der Waals surface area (Å²) in [5.41, 5.74) is 11.6. The maximum absolute atomic E-state index is 5.92. The largest absolute Gasteiger partial charge is 0.375 e. The third-order valence-electron chi connectivity index (χ3n) is 4.65. The molecule has 2 N–H and O–H groups in total. The molecule has 3 nitrogen and oxygen atoms in total. The van der Waals surface area contributed by atoms with Gasteiger partial charge in [-0.25, -0.2) is 5.01 Å². The van der Waals surface area contributed by atoms with Crippen molar-refractivity contribution in [1.29, 1.82) is 0 Å². The van der Waals surface area contributed by atoms with Gasteiger partial charge < -0.3 is 5.73 Å². The number of nitrogens with zero attached hydrogens (tertiary/aromatic N) is 2. The van der Waals surface area contributed by atoms with Crippen molar-refractivity contribution in [3.05, 3.63) is 96.1 Å². The smallest absolute Gasteiger partial charge is 0.187 e. The van der Waals surface area contributed by atoms with E-state index in [4.69, 9.17) is 23.1 Å². The minimum Gasteiger partial charge on any atom is -0.375 e. The number of benzene rings is 3. The van der Waals surface area contributed by atoms with Gasteiger partial charge in [-0.3, -0.25) is 0 Å². The van der Waals surface area contributed by atoms with Gasteiger partial charge >= 0.3 is 0 Å². The number of hydrogen-bond acceptors (Lipinski definition) is 2. The van der Waals surface area contributed by atoms with E-state index in [1.54, 1.807) is 5.01 Å². The van der Waals surface area contributed by atoms with E-state index in [1.807, 2.05) is 24.3 Å². The summed E-state index contributed by atoms with van der Waals surface area (Å²) in [4.78, 5) is 0. The summed E-state index contributed by atoms with van der Waals surface area (Å²) in [5, 5.41) is 6.76. The fourth-order valence-corrected chi connectivity index (χ4v) is 3.48. The summed E-state index contributed by atoms with van der Waals surface area (Å²) >= 11 is 5.22. The lowest BCUT2D eigenvalue weighted by Gasteiger charge is -2.21. The van der Waals surface area contributed by atoms with Crippen LogP contribution in [0.3, 0.4) is 0 Å². The Morgan fingerprint density at radius 1 is 0.808 bits per heavy atom. The lowest BCUT2D eigenvalue weighted by Crippen LogP contribution is -2.31. The molecule has 0 fully saturated rings. The normalized spacial score (nSPS) is 16.4. The zero-order chi connectivity index (χ0) is 17.9. The van der Waals surface area contributed by atoms with Gasteiger partial charge in [-0.2, -0.15) is 5.10 Å². The third-order valence-corrected chi connectivity index (χ3v) is 4.83. The van der Waals surface area contributed by atoms with Crippen molar-refractivity contribution in [2.24, 2.45) is 10.8 Å². The third kappa shape index (κ3) is 3.24. The first-order valence-corrected chi connectivity index (χ1v) is 9.00. The van der Waals surface area contributed by atoms with Crippen LogP contribution in [0.25, 0.3) is 11.1 Å². The highest BCUT2D eigenvalue weighted by molar-refractivity contribution is 7.80. The molecule has 0 aliphatic carbocycles. The summed E-state index contributed by atoms with van der Waals surface area (Å²) in [6.07, 6.45) is 0.784. The van der Waals surface area contributed by atoms with Crippen LogP contribution in [0.5, 0.6) is 0 Å². The van der Waals surface area contributed by atoms with Crippen LogP contribution < -0.4 is 5.73 Å². The molecule has 1 heterocycles. The SMILES string of the molecule is NC(=S)N1N=C(c2ccc(-c3ccccc3)cc2)C[C@@H]1c1ccccc1. The van der Waals surface area contributed by atoms with Crippen molar-refractivity contribution in [2.45, 2.75) is 12.5 Å². The second kappa shape index (κ2) is 7.10. The second-order valence-electron chi connectivity index (χ2n) is 6.30. The van der Waals surface area contributed by atoms with Crippen LogP contribution in [-0.4, -0.2) is 15.8 Å². The van der Waals surface area contributed by atoms with E-state index in [0.29, 0.717) is 5.11 Å². The Balaban J connectivity index is 1.61.